The topological polar surface area (TPSA) is 71.9 Å². The summed E-state index contributed by atoms with van der Waals surface area (Å²) < 4.78 is 31.0. The first-order valence-electron chi connectivity index (χ1n) is 9.95. The predicted octanol–water partition coefficient (Wildman–Crippen LogP) is 5.47. The highest BCUT2D eigenvalue weighted by molar-refractivity contribution is 5.77. The van der Waals surface area contributed by atoms with Crippen LogP contribution in [0.2, 0.25) is 0 Å². The summed E-state index contributed by atoms with van der Waals surface area (Å²) in [7, 11) is 1.51. The van der Waals surface area contributed by atoms with Gasteiger partial charge in [0.05, 0.1) is 6.04 Å². The Kier molecular flexibility index (Phi) is 8.88. The van der Waals surface area contributed by atoms with Gasteiger partial charge in [0.2, 0.25) is 5.90 Å². The van der Waals surface area contributed by atoms with E-state index >= 15 is 0 Å². The van der Waals surface area contributed by atoms with Crippen LogP contribution in [0.3, 0.4) is 0 Å². The molecule has 0 radical (unpaired) electrons. The van der Waals surface area contributed by atoms with E-state index in [0.29, 0.717) is 0 Å². The molecule has 7 heteroatoms. The molecular formula is C23H35FN2O4. The number of amides is 1. The van der Waals surface area contributed by atoms with Crippen molar-refractivity contribution in [2.45, 2.75) is 78.0 Å². The minimum atomic E-state index is -1.58. The molecule has 1 aromatic rings. The molecule has 30 heavy (non-hydrogen) atoms. The fourth-order valence-electron chi connectivity index (χ4n) is 2.60. The molecule has 2 atom stereocenters. The number of nitrogens with one attached hydrogen (secondary N) is 1. The Hall–Kier alpha value is -2.57. The molecule has 1 aromatic carbocycles. The summed E-state index contributed by atoms with van der Waals surface area (Å²) in [4.78, 5) is 13.8. The molecule has 6 nitrogen and oxygen atoms in total. The SMILES string of the molecule is C=C(O[C@H](C)C(=N)OCc1ccccc1)[C@H](CC(C)(C)F)N(C)C(=O)OC(C)(C)C. The lowest BCUT2D eigenvalue weighted by Gasteiger charge is -2.34. The molecule has 0 saturated heterocycles. The first-order valence-corrected chi connectivity index (χ1v) is 9.95. The number of carbonyl (C=O) groups is 1. The molecule has 0 fully saturated rings. The van der Waals surface area contributed by atoms with Gasteiger partial charge in [0.1, 0.15) is 23.6 Å². The number of hydrogen-bond donors (Lipinski definition) is 1. The number of halogens is 1. The zero-order valence-electron chi connectivity index (χ0n) is 19.1. The summed E-state index contributed by atoms with van der Waals surface area (Å²) in [6, 6.07) is 8.70. The van der Waals surface area contributed by atoms with Crippen molar-refractivity contribution in [2.24, 2.45) is 0 Å². The quantitative estimate of drug-likeness (QED) is 0.325. The number of rotatable bonds is 9. The molecule has 0 unspecified atom stereocenters. The summed E-state index contributed by atoms with van der Waals surface area (Å²) in [5.74, 6) is 0.0767. The van der Waals surface area contributed by atoms with Gasteiger partial charge in [0.25, 0.3) is 0 Å². The molecule has 1 N–H and O–H groups in total. The summed E-state index contributed by atoms with van der Waals surface area (Å²) in [5.41, 5.74) is -1.34. The van der Waals surface area contributed by atoms with Crippen molar-refractivity contribution in [3.63, 3.8) is 0 Å². The molecule has 1 rings (SSSR count). The average Bonchev–Trinajstić information content (AvgIpc) is 2.62. The Morgan fingerprint density at radius 2 is 1.77 bits per heavy atom. The van der Waals surface area contributed by atoms with Crippen molar-refractivity contribution in [3.8, 4) is 0 Å². The molecule has 0 heterocycles. The number of likely N-dealkylation sites (N-methyl/N-ethyl adjacent to an activating group) is 1. The predicted molar refractivity (Wildman–Crippen MR) is 116 cm³/mol. The van der Waals surface area contributed by atoms with Crippen LogP contribution >= 0.6 is 0 Å². The summed E-state index contributed by atoms with van der Waals surface area (Å²) in [6.07, 6.45) is -1.39. The second kappa shape index (κ2) is 10.5. The van der Waals surface area contributed by atoms with Crippen LogP contribution in [-0.4, -0.2) is 47.4 Å². The number of hydrogen-bond acceptors (Lipinski definition) is 5. The van der Waals surface area contributed by atoms with E-state index in [1.54, 1.807) is 27.7 Å². The first kappa shape index (κ1) is 25.5. The normalized spacial score (nSPS) is 13.7. The molecule has 1 amide bonds. The second-order valence-electron chi connectivity index (χ2n) is 8.89. The fourth-order valence-corrected chi connectivity index (χ4v) is 2.60. The van der Waals surface area contributed by atoms with Gasteiger partial charge in [-0.25, -0.2) is 9.18 Å². The molecule has 0 aliphatic rings. The molecular weight excluding hydrogens is 387 g/mol. The van der Waals surface area contributed by atoms with Gasteiger partial charge in [-0.1, -0.05) is 36.9 Å². The van der Waals surface area contributed by atoms with Gasteiger partial charge in [-0.2, -0.15) is 0 Å². The maximum Gasteiger partial charge on any atom is 0.410 e. The zero-order chi connectivity index (χ0) is 23.1. The van der Waals surface area contributed by atoms with E-state index < -0.39 is 29.5 Å². The van der Waals surface area contributed by atoms with Gasteiger partial charge in [-0.15, -0.1) is 0 Å². The third-order valence-corrected chi connectivity index (χ3v) is 4.13. The molecule has 0 aliphatic heterocycles. The average molecular weight is 423 g/mol. The monoisotopic (exact) mass is 422 g/mol. The summed E-state index contributed by atoms with van der Waals surface area (Å²) >= 11 is 0. The molecule has 0 aromatic heterocycles. The van der Waals surface area contributed by atoms with Crippen molar-refractivity contribution >= 4 is 12.0 Å². The lowest BCUT2D eigenvalue weighted by atomic mass is 9.99. The maximum absolute atomic E-state index is 14.4. The Labute approximate surface area is 179 Å². The van der Waals surface area contributed by atoms with Crippen molar-refractivity contribution < 1.29 is 23.4 Å². The summed E-state index contributed by atoms with van der Waals surface area (Å²) in [5, 5.41) is 8.10. The van der Waals surface area contributed by atoms with E-state index in [1.807, 2.05) is 30.3 Å². The standard InChI is InChI=1S/C23H35FN2O4/c1-16(29-17(2)20(25)28-15-18-12-10-9-11-13-18)19(14-23(6,7)24)26(8)21(27)30-22(3,4)5/h9-13,17,19,25H,1,14-15H2,2-8H3/t17-,19+/m1/s1. The lowest BCUT2D eigenvalue weighted by Crippen LogP contribution is -2.45. The van der Waals surface area contributed by atoms with Crippen LogP contribution < -0.4 is 0 Å². The fraction of sp³-hybridized carbons (Fsp3) is 0.565. The van der Waals surface area contributed by atoms with Gasteiger partial charge in [0, 0.05) is 13.5 Å². The maximum atomic E-state index is 14.4. The molecule has 0 saturated carbocycles. The van der Waals surface area contributed by atoms with Crippen LogP contribution in [0.25, 0.3) is 0 Å². The van der Waals surface area contributed by atoms with Gasteiger partial charge < -0.3 is 19.1 Å². The Morgan fingerprint density at radius 3 is 2.27 bits per heavy atom. The van der Waals surface area contributed by atoms with Crippen molar-refractivity contribution in [3.05, 3.63) is 48.2 Å². The Morgan fingerprint density at radius 1 is 1.20 bits per heavy atom. The zero-order valence-corrected chi connectivity index (χ0v) is 19.1. The van der Waals surface area contributed by atoms with E-state index in [1.165, 1.54) is 25.8 Å². The molecule has 0 bridgehead atoms. The molecule has 0 aliphatic carbocycles. The number of ether oxygens (including phenoxy) is 3. The van der Waals surface area contributed by atoms with Crippen molar-refractivity contribution in [1.29, 1.82) is 5.41 Å². The number of carbonyl (C=O) groups excluding carboxylic acids is 1. The lowest BCUT2D eigenvalue weighted by molar-refractivity contribution is 0.0104. The highest BCUT2D eigenvalue weighted by atomic mass is 19.1. The van der Waals surface area contributed by atoms with Crippen LogP contribution in [0.15, 0.2) is 42.7 Å². The van der Waals surface area contributed by atoms with Crippen LogP contribution in [0.1, 0.15) is 53.5 Å². The number of nitrogens with zero attached hydrogens (tertiary/aromatic N) is 1. The van der Waals surface area contributed by atoms with Gasteiger partial charge >= 0.3 is 6.09 Å². The van der Waals surface area contributed by atoms with Gasteiger partial charge in [-0.3, -0.25) is 5.41 Å². The minimum Gasteiger partial charge on any atom is -0.484 e. The Bertz CT molecular complexity index is 723. The second-order valence-corrected chi connectivity index (χ2v) is 8.89. The van der Waals surface area contributed by atoms with E-state index in [9.17, 15) is 9.18 Å². The van der Waals surface area contributed by atoms with Crippen LogP contribution in [0.5, 0.6) is 0 Å². The summed E-state index contributed by atoms with van der Waals surface area (Å²) in [6.45, 7) is 13.9. The number of benzene rings is 1. The van der Waals surface area contributed by atoms with E-state index in [2.05, 4.69) is 6.58 Å². The Balaban J connectivity index is 2.80. The highest BCUT2D eigenvalue weighted by Gasteiger charge is 2.34. The largest absolute Gasteiger partial charge is 0.484 e. The number of alkyl halides is 1. The van der Waals surface area contributed by atoms with Crippen LogP contribution in [-0.2, 0) is 20.8 Å². The minimum absolute atomic E-state index is 0.0352. The van der Waals surface area contributed by atoms with Crippen LogP contribution in [0.4, 0.5) is 9.18 Å². The van der Waals surface area contributed by atoms with E-state index in [0.717, 1.165) is 5.56 Å². The molecule has 168 valence electrons. The third kappa shape index (κ3) is 9.29. The molecule has 0 spiro atoms. The van der Waals surface area contributed by atoms with E-state index in [-0.39, 0.29) is 24.7 Å². The van der Waals surface area contributed by atoms with E-state index in [4.69, 9.17) is 19.6 Å². The van der Waals surface area contributed by atoms with Gasteiger partial charge in [0.15, 0.2) is 6.10 Å². The first-order chi connectivity index (χ1) is 13.7. The van der Waals surface area contributed by atoms with Crippen molar-refractivity contribution in [2.75, 3.05) is 7.05 Å². The van der Waals surface area contributed by atoms with Gasteiger partial charge in [-0.05, 0) is 47.1 Å². The highest BCUT2D eigenvalue weighted by Crippen LogP contribution is 2.26. The smallest absolute Gasteiger partial charge is 0.410 e. The third-order valence-electron chi connectivity index (χ3n) is 4.13. The van der Waals surface area contributed by atoms with Crippen molar-refractivity contribution in [1.82, 2.24) is 4.90 Å². The van der Waals surface area contributed by atoms with Crippen LogP contribution in [0, 0.1) is 5.41 Å².